The molecule has 9 atom stereocenters. The zero-order chi connectivity index (χ0) is 35.1. The Morgan fingerprint density at radius 2 is 1.94 bits per heavy atom. The number of carbonyl (C=O) groups is 1. The van der Waals surface area contributed by atoms with Gasteiger partial charge in [-0.05, 0) is 48.7 Å². The molecular formula is C35H39F5N2O6. The first-order chi connectivity index (χ1) is 22.7. The molecule has 4 unspecified atom stereocenters. The van der Waals surface area contributed by atoms with Crippen LogP contribution in [0.5, 0.6) is 11.5 Å². The lowest BCUT2D eigenvalue weighted by molar-refractivity contribution is -0.949. The van der Waals surface area contributed by atoms with Crippen LogP contribution in [0.1, 0.15) is 49.8 Å². The van der Waals surface area contributed by atoms with Crippen LogP contribution in [0.15, 0.2) is 55.3 Å². The van der Waals surface area contributed by atoms with Crippen molar-refractivity contribution >= 4 is 16.9 Å². The number of aliphatic hydroxyl groups is 1. The van der Waals surface area contributed by atoms with Gasteiger partial charge in [-0.3, -0.25) is 4.98 Å². The lowest BCUT2D eigenvalue weighted by Crippen LogP contribution is -3.20. The number of hydrogen-bond donors (Lipinski definition) is 2. The predicted molar refractivity (Wildman–Crippen MR) is 163 cm³/mol. The van der Waals surface area contributed by atoms with Crippen LogP contribution in [0.3, 0.4) is 0 Å². The van der Waals surface area contributed by atoms with Crippen molar-refractivity contribution in [1.29, 1.82) is 0 Å². The summed E-state index contributed by atoms with van der Waals surface area (Å²) in [4.78, 5) is 17.2. The molecule has 0 saturated carbocycles. The molecule has 2 aromatic carbocycles. The first-order valence-corrected chi connectivity index (χ1v) is 15.7. The lowest BCUT2D eigenvalue weighted by Gasteiger charge is -2.47. The molecule has 4 aliphatic rings. The fourth-order valence-electron chi connectivity index (χ4n) is 7.67. The van der Waals surface area contributed by atoms with E-state index >= 15 is 0 Å². The van der Waals surface area contributed by atoms with Crippen molar-refractivity contribution in [1.82, 2.24) is 4.98 Å². The minimum Gasteiger partial charge on any atom is -0.547 e. The van der Waals surface area contributed by atoms with E-state index < -0.39 is 59.2 Å². The second-order valence-corrected chi connectivity index (χ2v) is 12.9. The molecule has 2 N–H and O–H groups in total. The topological polar surface area (TPSA) is 105 Å². The molecule has 1 aromatic heterocycles. The molecule has 0 amide bonds. The van der Waals surface area contributed by atoms with E-state index in [1.54, 1.807) is 13.3 Å². The third-order valence-electron chi connectivity index (χ3n) is 10.6. The van der Waals surface area contributed by atoms with Gasteiger partial charge >= 0.3 is 6.18 Å². The van der Waals surface area contributed by atoms with Gasteiger partial charge in [0.2, 0.25) is 5.82 Å². The van der Waals surface area contributed by atoms with Crippen molar-refractivity contribution in [2.24, 2.45) is 17.8 Å². The number of aliphatic carboxylic acids is 1. The SMILES string of the molecule is C=CC1C[NH+]2CCC1CC2[C@H](O)c1ccnc2ccc(OC)cc12.COc1c([C@H]2[C@H](C(=O)[O-])O[C@@](C)(C(F)(F)F)[C@H]2C)ccc(F)c1F. The van der Waals surface area contributed by atoms with E-state index in [9.17, 15) is 37.0 Å². The zero-order valence-electron chi connectivity index (χ0n) is 27.0. The van der Waals surface area contributed by atoms with E-state index in [0.717, 1.165) is 61.8 Å². The fourth-order valence-corrected chi connectivity index (χ4v) is 7.67. The molecule has 4 saturated heterocycles. The number of fused-ring (bicyclic) bond motifs is 4. The Kier molecular flexibility index (Phi) is 10.1. The van der Waals surface area contributed by atoms with Gasteiger partial charge in [-0.15, -0.1) is 6.58 Å². The third-order valence-corrected chi connectivity index (χ3v) is 10.6. The average molecular weight is 679 g/mol. The van der Waals surface area contributed by atoms with Gasteiger partial charge in [0.15, 0.2) is 17.2 Å². The number of carbonyl (C=O) groups excluding carboxylic acids is 1. The molecule has 8 nitrogen and oxygen atoms in total. The summed E-state index contributed by atoms with van der Waals surface area (Å²) in [5.74, 6) is -6.02. The number of ether oxygens (including phenoxy) is 3. The van der Waals surface area contributed by atoms with Crippen LogP contribution in [0.4, 0.5) is 22.0 Å². The number of pyridine rings is 1. The molecule has 0 aliphatic carbocycles. The highest BCUT2D eigenvalue weighted by Gasteiger charge is 2.64. The number of carboxylic acid groups (broad SMARTS) is 1. The summed E-state index contributed by atoms with van der Waals surface area (Å²) in [6.45, 7) is 8.08. The number of methoxy groups -OCH3 is 2. The molecule has 2 bridgehead atoms. The van der Waals surface area contributed by atoms with Gasteiger partial charge in [-0.25, -0.2) is 4.39 Å². The number of aliphatic hydroxyl groups excluding tert-OH is 1. The summed E-state index contributed by atoms with van der Waals surface area (Å²) in [5, 5.41) is 23.4. The number of hydrogen-bond acceptors (Lipinski definition) is 7. The summed E-state index contributed by atoms with van der Waals surface area (Å²) in [7, 11) is 2.66. The molecular weight excluding hydrogens is 639 g/mol. The van der Waals surface area contributed by atoms with Crippen LogP contribution >= 0.6 is 0 Å². The number of rotatable bonds is 7. The average Bonchev–Trinajstić information content (AvgIpc) is 3.36. The number of carboxylic acids is 1. The van der Waals surface area contributed by atoms with Crippen LogP contribution in [0.25, 0.3) is 10.9 Å². The Morgan fingerprint density at radius 3 is 2.52 bits per heavy atom. The van der Waals surface area contributed by atoms with Gasteiger partial charge in [0.1, 0.15) is 24.0 Å². The van der Waals surface area contributed by atoms with Gasteiger partial charge in [0.05, 0.1) is 38.8 Å². The highest BCUT2D eigenvalue weighted by atomic mass is 19.4. The zero-order valence-corrected chi connectivity index (χ0v) is 27.0. The predicted octanol–water partition coefficient (Wildman–Crippen LogP) is 3.92. The number of benzene rings is 2. The number of nitrogens with one attached hydrogen (secondary N) is 1. The number of piperidine rings is 3. The van der Waals surface area contributed by atoms with E-state index in [1.165, 1.54) is 11.3 Å². The molecule has 5 heterocycles. The summed E-state index contributed by atoms with van der Waals surface area (Å²) >= 11 is 0. The Labute approximate surface area is 275 Å². The van der Waals surface area contributed by atoms with E-state index in [0.29, 0.717) is 24.8 Å². The van der Waals surface area contributed by atoms with Gasteiger partial charge in [0.25, 0.3) is 0 Å². The highest BCUT2D eigenvalue weighted by Crippen LogP contribution is 2.54. The van der Waals surface area contributed by atoms with Gasteiger partial charge < -0.3 is 34.1 Å². The van der Waals surface area contributed by atoms with E-state index in [1.807, 2.05) is 24.3 Å². The monoisotopic (exact) mass is 678 g/mol. The molecule has 260 valence electrons. The second-order valence-electron chi connectivity index (χ2n) is 12.9. The third kappa shape index (κ3) is 6.23. The lowest BCUT2D eigenvalue weighted by atomic mass is 9.73. The maximum atomic E-state index is 13.9. The van der Waals surface area contributed by atoms with E-state index in [-0.39, 0.29) is 11.6 Å². The van der Waals surface area contributed by atoms with Crippen molar-refractivity contribution in [2.45, 2.75) is 62.6 Å². The van der Waals surface area contributed by atoms with Crippen LogP contribution in [0.2, 0.25) is 0 Å². The smallest absolute Gasteiger partial charge is 0.417 e. The minimum absolute atomic E-state index is 0.230. The maximum Gasteiger partial charge on any atom is 0.417 e. The Hall–Kier alpha value is -3.81. The maximum absolute atomic E-state index is 13.9. The summed E-state index contributed by atoms with van der Waals surface area (Å²) < 4.78 is 82.1. The van der Waals surface area contributed by atoms with Gasteiger partial charge in [0, 0.05) is 47.7 Å². The van der Waals surface area contributed by atoms with Gasteiger partial charge in [-0.2, -0.15) is 17.6 Å². The Balaban J connectivity index is 0.000000188. The standard InChI is InChI=1S/C20H24N2O2.C15H15F5O4/c1-3-13-12-22-9-7-14(13)10-19(22)20(23)16-6-8-21-18-5-4-15(24-2)11-17(16)18;1-6-9(7-4-5-8(16)10(17)11(7)23-3)12(13(21)22)24-14(6,2)15(18,19)20/h3-6,8,11,13-14,19-20,23H,1,7,9-10,12H2,2H3;4-6,9,12H,1-3H3,(H,21,22)/t13?,14?,19?,20-;6-,9-,12+,14+/m10/s1. The number of quaternary nitrogens is 1. The minimum atomic E-state index is -4.87. The van der Waals surface area contributed by atoms with Crippen molar-refractivity contribution in [3.8, 4) is 11.5 Å². The summed E-state index contributed by atoms with van der Waals surface area (Å²) in [6.07, 6.45) is -1.11. The molecule has 4 aliphatic heterocycles. The quantitative estimate of drug-likeness (QED) is 0.289. The first kappa shape index (κ1) is 35.5. The van der Waals surface area contributed by atoms with Gasteiger partial charge in [-0.1, -0.05) is 19.1 Å². The van der Waals surface area contributed by atoms with Crippen LogP contribution < -0.4 is 19.5 Å². The number of aromatic nitrogens is 1. The van der Waals surface area contributed by atoms with Crippen molar-refractivity contribution in [3.05, 3.63) is 78.0 Å². The molecule has 4 fully saturated rings. The summed E-state index contributed by atoms with van der Waals surface area (Å²) in [5.41, 5.74) is -1.15. The molecule has 48 heavy (non-hydrogen) atoms. The van der Waals surface area contributed by atoms with Crippen LogP contribution in [-0.2, 0) is 9.53 Å². The van der Waals surface area contributed by atoms with Crippen LogP contribution in [0, 0.1) is 29.4 Å². The molecule has 0 radical (unpaired) electrons. The normalized spacial score (nSPS) is 30.3. The van der Waals surface area contributed by atoms with Crippen molar-refractivity contribution in [2.75, 3.05) is 27.3 Å². The number of halogens is 5. The second kappa shape index (κ2) is 13.6. The molecule has 0 spiro atoms. The fraction of sp³-hybridized carbons (Fsp3) is 0.486. The number of nitrogens with zero attached hydrogens (tertiary/aromatic N) is 1. The first-order valence-electron chi connectivity index (χ1n) is 15.7. The molecule has 7 rings (SSSR count). The van der Waals surface area contributed by atoms with E-state index in [4.69, 9.17) is 14.2 Å². The largest absolute Gasteiger partial charge is 0.547 e. The highest BCUT2D eigenvalue weighted by molar-refractivity contribution is 5.84. The Bertz CT molecular complexity index is 1670. The molecule has 3 aromatic rings. The van der Waals surface area contributed by atoms with E-state index in [2.05, 4.69) is 17.6 Å². The summed E-state index contributed by atoms with van der Waals surface area (Å²) in [6, 6.07) is 9.75. The van der Waals surface area contributed by atoms with Crippen molar-refractivity contribution in [3.63, 3.8) is 0 Å². The molecule has 13 heteroatoms. The van der Waals surface area contributed by atoms with Crippen LogP contribution in [-0.4, -0.2) is 67.3 Å². The Morgan fingerprint density at radius 1 is 1.21 bits per heavy atom. The number of alkyl halides is 3. The van der Waals surface area contributed by atoms with Crippen molar-refractivity contribution < 1.29 is 56.1 Å².